The van der Waals surface area contributed by atoms with E-state index in [9.17, 15) is 14.0 Å². The first kappa shape index (κ1) is 19.1. The predicted octanol–water partition coefficient (Wildman–Crippen LogP) is 1.27. The summed E-state index contributed by atoms with van der Waals surface area (Å²) in [5.74, 6) is -1.02. The van der Waals surface area contributed by atoms with Gasteiger partial charge in [-0.15, -0.1) is 0 Å². The first-order valence-corrected chi connectivity index (χ1v) is 9.12. The molecule has 2 aromatic rings. The molecule has 0 atom stereocenters. The van der Waals surface area contributed by atoms with Crippen LogP contribution in [0.3, 0.4) is 0 Å². The normalized spacial score (nSPS) is 13.9. The van der Waals surface area contributed by atoms with E-state index in [2.05, 4.69) is 20.7 Å². The number of aryl methyl sites for hydroxylation is 1. The molecule has 1 aliphatic heterocycles. The van der Waals surface area contributed by atoms with E-state index in [4.69, 9.17) is 9.47 Å². The summed E-state index contributed by atoms with van der Waals surface area (Å²) in [4.78, 5) is 31.0. The molecule has 0 saturated carbocycles. The number of morpholine rings is 1. The number of hydrogen-bond acceptors (Lipinski definition) is 7. The fraction of sp³-hybridized carbons (Fsp3) is 0.353. The summed E-state index contributed by atoms with van der Waals surface area (Å²) in [6, 6.07) is 5.28. The number of hydrazine groups is 1. The van der Waals surface area contributed by atoms with Crippen molar-refractivity contribution in [1.82, 2.24) is 15.8 Å². The molecule has 10 heteroatoms. The molecule has 0 unspecified atom stereocenters. The Balaban J connectivity index is 1.49. The number of aromatic nitrogens is 1. The monoisotopic (exact) mass is 394 g/mol. The van der Waals surface area contributed by atoms with Crippen molar-refractivity contribution in [1.29, 1.82) is 0 Å². The van der Waals surface area contributed by atoms with Crippen molar-refractivity contribution in [3.8, 4) is 5.75 Å². The number of halogens is 1. The second-order valence-electron chi connectivity index (χ2n) is 5.76. The molecule has 2 heterocycles. The average Bonchev–Trinajstić information content (AvgIpc) is 3.08. The molecule has 1 aromatic heterocycles. The van der Waals surface area contributed by atoms with Crippen LogP contribution in [0, 0.1) is 12.7 Å². The van der Waals surface area contributed by atoms with Crippen LogP contribution in [-0.4, -0.2) is 49.7 Å². The fourth-order valence-electron chi connectivity index (χ4n) is 2.38. The largest absolute Gasteiger partial charge is 0.484 e. The zero-order valence-electron chi connectivity index (χ0n) is 14.7. The number of nitrogens with one attached hydrogen (secondary N) is 2. The van der Waals surface area contributed by atoms with Gasteiger partial charge in [0.2, 0.25) is 0 Å². The van der Waals surface area contributed by atoms with E-state index < -0.39 is 17.6 Å². The smallest absolute Gasteiger partial charge is 0.281 e. The second-order valence-corrected chi connectivity index (χ2v) is 6.73. The van der Waals surface area contributed by atoms with Crippen molar-refractivity contribution in [3.63, 3.8) is 0 Å². The Morgan fingerprint density at radius 3 is 2.67 bits per heavy atom. The van der Waals surface area contributed by atoms with Crippen LogP contribution in [0.15, 0.2) is 24.3 Å². The molecule has 2 N–H and O–H groups in total. The van der Waals surface area contributed by atoms with E-state index in [0.29, 0.717) is 29.5 Å². The second kappa shape index (κ2) is 8.78. The van der Waals surface area contributed by atoms with Crippen LogP contribution in [0.1, 0.15) is 15.4 Å². The number of carbonyl (C=O) groups is 2. The first-order valence-electron chi connectivity index (χ1n) is 8.30. The molecule has 0 spiro atoms. The number of thiazole rings is 1. The van der Waals surface area contributed by atoms with Gasteiger partial charge < -0.3 is 14.4 Å². The molecule has 0 radical (unpaired) electrons. The highest BCUT2D eigenvalue weighted by molar-refractivity contribution is 7.17. The van der Waals surface area contributed by atoms with E-state index in [1.807, 2.05) is 0 Å². The van der Waals surface area contributed by atoms with Gasteiger partial charge in [0.25, 0.3) is 11.8 Å². The summed E-state index contributed by atoms with van der Waals surface area (Å²) < 4.78 is 23.3. The molecule has 1 saturated heterocycles. The van der Waals surface area contributed by atoms with Crippen molar-refractivity contribution in [2.75, 3.05) is 37.8 Å². The lowest BCUT2D eigenvalue weighted by atomic mass is 10.3. The van der Waals surface area contributed by atoms with E-state index in [1.54, 1.807) is 6.92 Å². The number of carbonyl (C=O) groups excluding carboxylic acids is 2. The van der Waals surface area contributed by atoms with E-state index in [-0.39, 0.29) is 6.61 Å². The lowest BCUT2D eigenvalue weighted by Gasteiger charge is -2.25. The Kier molecular flexibility index (Phi) is 6.20. The molecule has 27 heavy (non-hydrogen) atoms. The highest BCUT2D eigenvalue weighted by atomic mass is 32.1. The molecular weight excluding hydrogens is 375 g/mol. The number of rotatable bonds is 5. The lowest BCUT2D eigenvalue weighted by Crippen LogP contribution is -2.43. The molecule has 8 nitrogen and oxygen atoms in total. The van der Waals surface area contributed by atoms with Crippen molar-refractivity contribution in [3.05, 3.63) is 40.7 Å². The average molecular weight is 394 g/mol. The maximum absolute atomic E-state index is 12.8. The Morgan fingerprint density at radius 1 is 1.26 bits per heavy atom. The third-order valence-electron chi connectivity index (χ3n) is 3.77. The summed E-state index contributed by atoms with van der Waals surface area (Å²) in [6.45, 7) is 4.15. The summed E-state index contributed by atoms with van der Waals surface area (Å²) in [5, 5.41) is 0.756. The number of nitrogens with zero attached hydrogens (tertiary/aromatic N) is 2. The van der Waals surface area contributed by atoms with Crippen LogP contribution >= 0.6 is 11.3 Å². The fourth-order valence-corrected chi connectivity index (χ4v) is 3.40. The van der Waals surface area contributed by atoms with Crippen molar-refractivity contribution in [2.24, 2.45) is 0 Å². The van der Waals surface area contributed by atoms with Gasteiger partial charge in [0.15, 0.2) is 11.7 Å². The van der Waals surface area contributed by atoms with Gasteiger partial charge in [0.05, 0.1) is 18.9 Å². The van der Waals surface area contributed by atoms with Gasteiger partial charge in [0.1, 0.15) is 16.4 Å². The van der Waals surface area contributed by atoms with Crippen LogP contribution in [-0.2, 0) is 9.53 Å². The van der Waals surface area contributed by atoms with Crippen molar-refractivity contribution in [2.45, 2.75) is 6.92 Å². The number of benzene rings is 1. The van der Waals surface area contributed by atoms with Crippen LogP contribution < -0.4 is 20.5 Å². The zero-order valence-corrected chi connectivity index (χ0v) is 15.5. The molecule has 1 aliphatic rings. The number of hydrogen-bond donors (Lipinski definition) is 2. The minimum Gasteiger partial charge on any atom is -0.484 e. The molecule has 3 rings (SSSR count). The Bertz CT molecular complexity index is 806. The molecule has 1 fully saturated rings. The minimum atomic E-state index is -0.539. The molecule has 0 bridgehead atoms. The molecular formula is C17H19FN4O4S. The summed E-state index contributed by atoms with van der Waals surface area (Å²) in [6.07, 6.45) is 0. The number of amides is 2. The number of ether oxygens (including phenoxy) is 2. The lowest BCUT2D eigenvalue weighted by molar-refractivity contribution is -0.123. The summed E-state index contributed by atoms with van der Waals surface area (Å²) >= 11 is 1.27. The standard InChI is InChI=1S/C17H19FN4O4S/c1-11-15(27-17(19-11)22-6-8-25-9-7-22)16(24)21-20-14(23)10-26-13-4-2-12(18)3-5-13/h2-5H,6-10H2,1H3,(H,20,23)(H,21,24). The Labute approximate surface area is 159 Å². The third-order valence-corrected chi connectivity index (χ3v) is 4.99. The van der Waals surface area contributed by atoms with Gasteiger partial charge in [-0.3, -0.25) is 20.4 Å². The molecule has 0 aliphatic carbocycles. The van der Waals surface area contributed by atoms with Gasteiger partial charge in [-0.05, 0) is 31.2 Å². The minimum absolute atomic E-state index is 0.313. The predicted molar refractivity (Wildman–Crippen MR) is 97.4 cm³/mol. The van der Waals surface area contributed by atoms with Crippen LogP contribution in [0.5, 0.6) is 5.75 Å². The maximum atomic E-state index is 12.8. The van der Waals surface area contributed by atoms with Crippen molar-refractivity contribution < 1.29 is 23.5 Å². The highest BCUT2D eigenvalue weighted by Crippen LogP contribution is 2.26. The summed E-state index contributed by atoms with van der Waals surface area (Å²) in [5.41, 5.74) is 5.23. The van der Waals surface area contributed by atoms with Gasteiger partial charge in [-0.2, -0.15) is 0 Å². The van der Waals surface area contributed by atoms with E-state index in [0.717, 1.165) is 18.2 Å². The van der Waals surface area contributed by atoms with E-state index in [1.165, 1.54) is 35.6 Å². The van der Waals surface area contributed by atoms with Crippen LogP contribution in [0.4, 0.5) is 9.52 Å². The Hall–Kier alpha value is -2.72. The quantitative estimate of drug-likeness (QED) is 0.742. The molecule has 2 amide bonds. The first-order chi connectivity index (χ1) is 13.0. The number of anilines is 1. The SMILES string of the molecule is Cc1nc(N2CCOCC2)sc1C(=O)NNC(=O)COc1ccc(F)cc1. The molecule has 1 aromatic carbocycles. The van der Waals surface area contributed by atoms with Crippen molar-refractivity contribution >= 4 is 28.3 Å². The summed E-state index contributed by atoms with van der Waals surface area (Å²) in [7, 11) is 0. The highest BCUT2D eigenvalue weighted by Gasteiger charge is 2.20. The van der Waals surface area contributed by atoms with Gasteiger partial charge in [0, 0.05) is 13.1 Å². The topological polar surface area (TPSA) is 92.8 Å². The zero-order chi connectivity index (χ0) is 19.2. The van der Waals surface area contributed by atoms with Crippen LogP contribution in [0.2, 0.25) is 0 Å². The van der Waals surface area contributed by atoms with Gasteiger partial charge >= 0.3 is 0 Å². The van der Waals surface area contributed by atoms with Gasteiger partial charge in [-0.1, -0.05) is 11.3 Å². The third kappa shape index (κ3) is 5.14. The van der Waals surface area contributed by atoms with Gasteiger partial charge in [-0.25, -0.2) is 9.37 Å². The molecule has 144 valence electrons. The van der Waals surface area contributed by atoms with E-state index >= 15 is 0 Å². The van der Waals surface area contributed by atoms with Crippen LogP contribution in [0.25, 0.3) is 0 Å². The maximum Gasteiger partial charge on any atom is 0.281 e. The Morgan fingerprint density at radius 2 is 1.96 bits per heavy atom.